The third-order valence-corrected chi connectivity index (χ3v) is 10.1. The van der Waals surface area contributed by atoms with E-state index >= 15 is 0 Å². The molecule has 4 amide bonds. The van der Waals surface area contributed by atoms with Crippen LogP contribution in [0.25, 0.3) is 5.70 Å². The molecule has 0 aromatic heterocycles. The molecule has 1 saturated heterocycles. The molecule has 1 aromatic carbocycles. The highest BCUT2D eigenvalue weighted by Gasteiger charge is 2.54. The van der Waals surface area contributed by atoms with Crippen molar-refractivity contribution in [3.63, 3.8) is 0 Å². The quantitative estimate of drug-likeness (QED) is 0.206. The van der Waals surface area contributed by atoms with Crippen LogP contribution in [0.3, 0.4) is 0 Å². The Morgan fingerprint density at radius 1 is 1.04 bits per heavy atom. The standard InChI is InChI=1S/C35H48ClN5O6/c1-34(2,3)30(39-28(42)16-21-9-6-4-5-7-10-21)33(46)41-20-35(18-26(40-47-35)23-11-8-12-24(36)17-23)19-27(41)32(45)38-25(15-22-13-14-22)29(43)31(37)44/h8,11-12,17-18,21-22,25,27,30,40H,4-7,9-10,13-16,19-20H2,1-3H3,(H2,37,44)(H,38,45)(H,39,42)/t25-,27-,30+,35+/m0/s1. The van der Waals surface area contributed by atoms with Crippen LogP contribution in [0, 0.1) is 17.3 Å². The zero-order chi connectivity index (χ0) is 33.9. The van der Waals surface area contributed by atoms with Gasteiger partial charge in [0.05, 0.1) is 18.3 Å². The molecule has 11 nitrogen and oxygen atoms in total. The van der Waals surface area contributed by atoms with Gasteiger partial charge in [-0.2, -0.15) is 0 Å². The number of rotatable bonds is 11. The first kappa shape index (κ1) is 34.9. The number of nitrogens with one attached hydrogen (secondary N) is 3. The molecule has 0 unspecified atom stereocenters. The minimum absolute atomic E-state index is 0.0170. The van der Waals surface area contributed by atoms with Crippen molar-refractivity contribution in [2.24, 2.45) is 23.0 Å². The van der Waals surface area contributed by atoms with Crippen molar-refractivity contribution in [1.29, 1.82) is 0 Å². The molecule has 5 N–H and O–H groups in total. The predicted molar refractivity (Wildman–Crippen MR) is 177 cm³/mol. The van der Waals surface area contributed by atoms with Crippen molar-refractivity contribution in [2.75, 3.05) is 6.54 Å². The summed E-state index contributed by atoms with van der Waals surface area (Å²) in [6, 6.07) is 4.16. The molecule has 2 saturated carbocycles. The number of amides is 4. The molecule has 5 rings (SSSR count). The number of ketones is 1. The lowest BCUT2D eigenvalue weighted by Gasteiger charge is -2.36. The number of Topliss-reactive ketones (excluding diaryl/α,β-unsaturated/α-hetero) is 1. The van der Waals surface area contributed by atoms with E-state index in [2.05, 4.69) is 16.1 Å². The van der Waals surface area contributed by atoms with Crippen LogP contribution in [-0.2, 0) is 28.8 Å². The second-order valence-corrected chi connectivity index (χ2v) is 15.4. The third kappa shape index (κ3) is 8.73. The van der Waals surface area contributed by atoms with Crippen LogP contribution in [0.5, 0.6) is 0 Å². The third-order valence-electron chi connectivity index (χ3n) is 9.85. The van der Waals surface area contributed by atoms with E-state index < -0.39 is 52.6 Å². The molecular formula is C35H48ClN5O6. The Labute approximate surface area is 281 Å². The van der Waals surface area contributed by atoms with Crippen LogP contribution >= 0.6 is 11.6 Å². The van der Waals surface area contributed by atoms with Gasteiger partial charge in [0.15, 0.2) is 0 Å². The first-order valence-electron chi connectivity index (χ1n) is 16.9. The molecule has 47 heavy (non-hydrogen) atoms. The fourth-order valence-electron chi connectivity index (χ4n) is 7.04. The molecule has 0 bridgehead atoms. The summed E-state index contributed by atoms with van der Waals surface area (Å²) >= 11 is 6.23. The lowest BCUT2D eigenvalue weighted by molar-refractivity contribution is -0.145. The lowest BCUT2D eigenvalue weighted by Crippen LogP contribution is -2.59. The van der Waals surface area contributed by atoms with Gasteiger partial charge < -0.3 is 21.3 Å². The van der Waals surface area contributed by atoms with E-state index in [1.54, 1.807) is 12.1 Å². The van der Waals surface area contributed by atoms with Gasteiger partial charge in [-0.1, -0.05) is 83.0 Å². The second kappa shape index (κ2) is 14.4. The number of nitrogens with two attached hydrogens (primary N) is 1. The summed E-state index contributed by atoms with van der Waals surface area (Å²) < 4.78 is 0. The number of hydroxylamine groups is 1. The molecule has 1 aromatic rings. The molecule has 4 aliphatic rings. The largest absolute Gasteiger partial charge is 0.363 e. The van der Waals surface area contributed by atoms with E-state index in [1.165, 1.54) is 17.7 Å². The smallest absolute Gasteiger partial charge is 0.287 e. The number of likely N-dealkylation sites (tertiary alicyclic amines) is 1. The van der Waals surface area contributed by atoms with Crippen LogP contribution in [0.1, 0.15) is 97.0 Å². The molecule has 2 heterocycles. The highest BCUT2D eigenvalue weighted by atomic mass is 35.5. The highest BCUT2D eigenvalue weighted by Crippen LogP contribution is 2.39. The highest BCUT2D eigenvalue weighted by molar-refractivity contribution is 6.37. The van der Waals surface area contributed by atoms with Gasteiger partial charge in [-0.25, -0.2) is 0 Å². The van der Waals surface area contributed by atoms with Crippen LogP contribution in [0.4, 0.5) is 0 Å². The Hall–Kier alpha value is -3.44. The van der Waals surface area contributed by atoms with E-state index in [0.717, 1.165) is 44.1 Å². The number of benzene rings is 1. The van der Waals surface area contributed by atoms with Gasteiger partial charge in [-0.15, -0.1) is 0 Å². The van der Waals surface area contributed by atoms with Crippen LogP contribution in [0.2, 0.25) is 5.02 Å². The van der Waals surface area contributed by atoms with E-state index in [4.69, 9.17) is 22.2 Å². The van der Waals surface area contributed by atoms with Gasteiger partial charge in [0, 0.05) is 23.4 Å². The number of carbonyl (C=O) groups is 5. The van der Waals surface area contributed by atoms with Crippen molar-refractivity contribution in [3.8, 4) is 0 Å². The van der Waals surface area contributed by atoms with Gasteiger partial charge in [0.2, 0.25) is 23.5 Å². The maximum absolute atomic E-state index is 14.5. The molecule has 3 fully saturated rings. The molecule has 1 spiro atoms. The summed E-state index contributed by atoms with van der Waals surface area (Å²) in [6.45, 7) is 5.66. The van der Waals surface area contributed by atoms with Crippen molar-refractivity contribution >= 4 is 46.7 Å². The maximum Gasteiger partial charge on any atom is 0.287 e. The van der Waals surface area contributed by atoms with Gasteiger partial charge in [0.1, 0.15) is 17.7 Å². The summed E-state index contributed by atoms with van der Waals surface area (Å²) in [5.41, 5.74) is 7.93. The molecular weight excluding hydrogens is 622 g/mol. The van der Waals surface area contributed by atoms with Gasteiger partial charge in [-0.05, 0) is 54.7 Å². The Morgan fingerprint density at radius 3 is 2.36 bits per heavy atom. The topological polar surface area (TPSA) is 160 Å². The van der Waals surface area contributed by atoms with Crippen molar-refractivity contribution < 1.29 is 28.8 Å². The number of hydrogen-bond donors (Lipinski definition) is 4. The molecule has 4 atom stereocenters. The van der Waals surface area contributed by atoms with Gasteiger partial charge in [-0.3, -0.25) is 34.3 Å². The summed E-state index contributed by atoms with van der Waals surface area (Å²) in [5, 5.41) is 6.31. The van der Waals surface area contributed by atoms with Crippen LogP contribution in [0.15, 0.2) is 30.3 Å². The van der Waals surface area contributed by atoms with Crippen LogP contribution in [-0.4, -0.2) is 64.6 Å². The minimum Gasteiger partial charge on any atom is -0.363 e. The number of primary amides is 1. The molecule has 2 aliphatic carbocycles. The number of hydrogen-bond acceptors (Lipinski definition) is 7. The SMILES string of the molecule is CC(C)(C)[C@H](NC(=O)CC1CCCCCC1)C(=O)N1C[C@@]2(C=C(c3cccc(Cl)c3)NO2)C[C@H]1C(=O)N[C@@H](CC1CC1)C(=O)C(N)=O. The number of carbonyl (C=O) groups excluding carboxylic acids is 5. The van der Waals surface area contributed by atoms with E-state index in [9.17, 15) is 24.0 Å². The second-order valence-electron chi connectivity index (χ2n) is 14.9. The van der Waals surface area contributed by atoms with Gasteiger partial charge in [0.25, 0.3) is 5.91 Å². The number of halogens is 1. The summed E-state index contributed by atoms with van der Waals surface area (Å²) in [6.07, 6.45) is 10.9. The van der Waals surface area contributed by atoms with Gasteiger partial charge >= 0.3 is 0 Å². The summed E-state index contributed by atoms with van der Waals surface area (Å²) in [7, 11) is 0. The summed E-state index contributed by atoms with van der Waals surface area (Å²) in [5.74, 6) is -2.67. The first-order chi connectivity index (χ1) is 22.2. The molecule has 2 aliphatic heterocycles. The zero-order valence-corrected chi connectivity index (χ0v) is 28.4. The predicted octanol–water partition coefficient (Wildman–Crippen LogP) is 3.79. The molecule has 12 heteroatoms. The average Bonchev–Trinajstić information content (AvgIpc) is 3.69. The van der Waals surface area contributed by atoms with Crippen molar-refractivity contribution in [1.82, 2.24) is 21.0 Å². The van der Waals surface area contributed by atoms with Crippen molar-refractivity contribution in [2.45, 2.75) is 115 Å². The fraction of sp³-hybridized carbons (Fsp3) is 0.629. The fourth-order valence-corrected chi connectivity index (χ4v) is 7.23. The molecule has 0 radical (unpaired) electrons. The normalized spacial score (nSPS) is 24.6. The zero-order valence-electron chi connectivity index (χ0n) is 27.6. The first-order valence-corrected chi connectivity index (χ1v) is 17.3. The Bertz CT molecular complexity index is 1410. The Kier molecular flexibility index (Phi) is 10.7. The maximum atomic E-state index is 14.5. The van der Waals surface area contributed by atoms with E-state index in [0.29, 0.717) is 23.6 Å². The number of nitrogens with zero attached hydrogens (tertiary/aromatic N) is 1. The minimum atomic E-state index is -1.12. The Balaban J connectivity index is 1.41. The van der Waals surface area contributed by atoms with Crippen molar-refractivity contribution in [3.05, 3.63) is 40.9 Å². The summed E-state index contributed by atoms with van der Waals surface area (Å²) in [4.78, 5) is 74.0. The average molecular weight is 670 g/mol. The lowest BCUT2D eigenvalue weighted by atomic mass is 9.85. The van der Waals surface area contributed by atoms with E-state index in [-0.39, 0.29) is 30.7 Å². The molecule has 256 valence electrons. The Morgan fingerprint density at radius 2 is 1.74 bits per heavy atom. The van der Waals surface area contributed by atoms with E-state index in [1.807, 2.05) is 39.0 Å². The monoisotopic (exact) mass is 669 g/mol. The van der Waals surface area contributed by atoms with Crippen LogP contribution < -0.4 is 21.8 Å².